The fourth-order valence-corrected chi connectivity index (χ4v) is 2.28. The number of hydrogen-bond acceptors (Lipinski definition) is 5. The van der Waals surface area contributed by atoms with E-state index in [1.807, 2.05) is 0 Å². The van der Waals surface area contributed by atoms with Crippen molar-refractivity contribution < 1.29 is 23.1 Å². The third-order valence-electron chi connectivity index (χ3n) is 2.86. The highest BCUT2D eigenvalue weighted by Gasteiger charge is 2.33. The second-order valence-electron chi connectivity index (χ2n) is 4.48. The van der Waals surface area contributed by atoms with Crippen LogP contribution in [0.2, 0.25) is 0 Å². The van der Waals surface area contributed by atoms with Gasteiger partial charge in [-0.05, 0) is 12.8 Å². The lowest BCUT2D eigenvalue weighted by molar-refractivity contribution is -0.124. The third kappa shape index (κ3) is 5.01. The predicted molar refractivity (Wildman–Crippen MR) is 62.3 cm³/mol. The van der Waals surface area contributed by atoms with E-state index in [2.05, 4.69) is 5.32 Å². The summed E-state index contributed by atoms with van der Waals surface area (Å²) in [6.45, 7) is 0.834. The number of sulfone groups is 1. The van der Waals surface area contributed by atoms with E-state index >= 15 is 0 Å². The van der Waals surface area contributed by atoms with Gasteiger partial charge in [0.05, 0.1) is 17.9 Å². The van der Waals surface area contributed by atoms with Crippen LogP contribution in [0.4, 0.5) is 0 Å². The second kappa shape index (κ2) is 5.79. The first-order valence-corrected chi connectivity index (χ1v) is 7.60. The van der Waals surface area contributed by atoms with Crippen molar-refractivity contribution in [3.8, 4) is 0 Å². The van der Waals surface area contributed by atoms with Gasteiger partial charge in [0.25, 0.3) is 0 Å². The maximum absolute atomic E-state index is 11.6. The Kier molecular flexibility index (Phi) is 4.91. The molecule has 1 rings (SSSR count). The summed E-state index contributed by atoms with van der Waals surface area (Å²) in [5.41, 5.74) is -0.646. The number of amides is 1. The van der Waals surface area contributed by atoms with Gasteiger partial charge in [0.2, 0.25) is 5.91 Å². The van der Waals surface area contributed by atoms with Gasteiger partial charge in [0, 0.05) is 25.9 Å². The molecule has 0 aromatic rings. The van der Waals surface area contributed by atoms with Gasteiger partial charge >= 0.3 is 0 Å². The fourth-order valence-electron chi connectivity index (χ4n) is 1.72. The molecule has 0 spiro atoms. The molecule has 1 amide bonds. The number of carbonyl (C=O) groups is 1. The molecule has 0 bridgehead atoms. The maximum Gasteiger partial charge on any atom is 0.221 e. The van der Waals surface area contributed by atoms with Crippen molar-refractivity contribution >= 4 is 15.7 Å². The van der Waals surface area contributed by atoms with E-state index < -0.39 is 15.4 Å². The second-order valence-corrected chi connectivity index (χ2v) is 6.74. The Balaban J connectivity index is 2.48. The molecule has 17 heavy (non-hydrogen) atoms. The van der Waals surface area contributed by atoms with Crippen LogP contribution in [0.25, 0.3) is 0 Å². The molecule has 7 heteroatoms. The number of rotatable bonds is 5. The first-order chi connectivity index (χ1) is 7.87. The van der Waals surface area contributed by atoms with Gasteiger partial charge in [0.1, 0.15) is 9.84 Å². The zero-order valence-electron chi connectivity index (χ0n) is 9.94. The zero-order valence-corrected chi connectivity index (χ0v) is 10.8. The number of aliphatic hydroxyl groups is 1. The highest BCUT2D eigenvalue weighted by Crippen LogP contribution is 2.20. The standard InChI is InChI=1S/C10H19NO5S/c1-17(14,15)7-2-9(13)11-10(8-12)3-5-16-6-4-10/h12H,2-8H2,1H3,(H,11,13). The van der Waals surface area contributed by atoms with Crippen LogP contribution in [-0.2, 0) is 19.4 Å². The SMILES string of the molecule is CS(=O)(=O)CCC(=O)NC1(CO)CCOCC1. The summed E-state index contributed by atoms with van der Waals surface area (Å²) in [7, 11) is -3.13. The molecule has 0 unspecified atom stereocenters. The summed E-state index contributed by atoms with van der Waals surface area (Å²) in [6, 6.07) is 0. The molecule has 1 fully saturated rings. The lowest BCUT2D eigenvalue weighted by atomic mass is 9.91. The molecule has 1 saturated heterocycles. The van der Waals surface area contributed by atoms with Crippen LogP contribution < -0.4 is 5.32 Å². The first-order valence-electron chi connectivity index (χ1n) is 5.54. The first kappa shape index (κ1) is 14.4. The summed E-state index contributed by atoms with van der Waals surface area (Å²) in [5.74, 6) is -0.511. The van der Waals surface area contributed by atoms with E-state index in [1.54, 1.807) is 0 Å². The third-order valence-corrected chi connectivity index (χ3v) is 3.80. The van der Waals surface area contributed by atoms with Gasteiger partial charge in [-0.1, -0.05) is 0 Å². The Hall–Kier alpha value is -0.660. The number of aliphatic hydroxyl groups excluding tert-OH is 1. The van der Waals surface area contributed by atoms with Gasteiger partial charge in [-0.25, -0.2) is 8.42 Å². The summed E-state index contributed by atoms with van der Waals surface area (Å²) in [6.07, 6.45) is 2.13. The van der Waals surface area contributed by atoms with Crippen LogP contribution in [0.15, 0.2) is 0 Å². The molecule has 0 aromatic heterocycles. The lowest BCUT2D eigenvalue weighted by Gasteiger charge is -2.36. The van der Waals surface area contributed by atoms with Crippen LogP contribution >= 0.6 is 0 Å². The van der Waals surface area contributed by atoms with Crippen molar-refractivity contribution in [2.24, 2.45) is 0 Å². The smallest absolute Gasteiger partial charge is 0.221 e. The molecule has 0 atom stereocenters. The number of nitrogens with one attached hydrogen (secondary N) is 1. The molecule has 100 valence electrons. The monoisotopic (exact) mass is 265 g/mol. The number of hydrogen-bond donors (Lipinski definition) is 2. The van der Waals surface area contributed by atoms with Crippen molar-refractivity contribution in [2.75, 3.05) is 31.8 Å². The molecule has 6 nitrogen and oxygen atoms in total. The van der Waals surface area contributed by atoms with Crippen molar-refractivity contribution in [3.63, 3.8) is 0 Å². The van der Waals surface area contributed by atoms with Gasteiger partial charge in [0.15, 0.2) is 0 Å². The average molecular weight is 265 g/mol. The van der Waals surface area contributed by atoms with Gasteiger partial charge in [-0.2, -0.15) is 0 Å². The van der Waals surface area contributed by atoms with E-state index in [0.717, 1.165) is 6.26 Å². The highest BCUT2D eigenvalue weighted by atomic mass is 32.2. The Morgan fingerprint density at radius 3 is 2.47 bits per heavy atom. The summed E-state index contributed by atoms with van der Waals surface area (Å²) in [5, 5.41) is 12.1. The molecule has 1 aliphatic rings. The zero-order chi connectivity index (χ0) is 12.9. The summed E-state index contributed by atoms with van der Waals surface area (Å²) >= 11 is 0. The number of ether oxygens (including phenoxy) is 1. The topological polar surface area (TPSA) is 92.7 Å². The minimum Gasteiger partial charge on any atom is -0.394 e. The molecule has 1 aliphatic heterocycles. The van der Waals surface area contributed by atoms with E-state index in [4.69, 9.17) is 4.74 Å². The Morgan fingerprint density at radius 1 is 1.41 bits per heavy atom. The normalized spacial score (nSPS) is 19.9. The number of carbonyl (C=O) groups excluding carboxylic acids is 1. The van der Waals surface area contributed by atoms with Crippen molar-refractivity contribution in [1.82, 2.24) is 5.32 Å². The molecular formula is C10H19NO5S. The fraction of sp³-hybridized carbons (Fsp3) is 0.900. The Morgan fingerprint density at radius 2 is 2.00 bits per heavy atom. The predicted octanol–water partition coefficient (Wildman–Crippen LogP) is -0.921. The minimum atomic E-state index is -3.13. The lowest BCUT2D eigenvalue weighted by Crippen LogP contribution is -2.54. The average Bonchev–Trinajstić information content (AvgIpc) is 2.27. The molecular weight excluding hydrogens is 246 g/mol. The Labute approximate surface area is 101 Å². The van der Waals surface area contributed by atoms with Crippen LogP contribution in [0.3, 0.4) is 0 Å². The molecule has 1 heterocycles. The van der Waals surface area contributed by atoms with Crippen molar-refractivity contribution in [2.45, 2.75) is 24.8 Å². The van der Waals surface area contributed by atoms with Crippen LogP contribution in [-0.4, -0.2) is 56.8 Å². The van der Waals surface area contributed by atoms with Crippen molar-refractivity contribution in [3.05, 3.63) is 0 Å². The highest BCUT2D eigenvalue weighted by molar-refractivity contribution is 7.90. The molecule has 0 radical (unpaired) electrons. The van der Waals surface area contributed by atoms with E-state index in [1.165, 1.54) is 0 Å². The van der Waals surface area contributed by atoms with Crippen LogP contribution in [0, 0.1) is 0 Å². The van der Waals surface area contributed by atoms with Gasteiger partial charge in [-0.15, -0.1) is 0 Å². The maximum atomic E-state index is 11.6. The van der Waals surface area contributed by atoms with Crippen LogP contribution in [0.5, 0.6) is 0 Å². The van der Waals surface area contributed by atoms with Gasteiger partial charge in [-0.3, -0.25) is 4.79 Å². The molecule has 0 aliphatic carbocycles. The van der Waals surface area contributed by atoms with E-state index in [0.29, 0.717) is 26.1 Å². The quantitative estimate of drug-likeness (QED) is 0.670. The van der Waals surface area contributed by atoms with Gasteiger partial charge < -0.3 is 15.2 Å². The van der Waals surface area contributed by atoms with E-state index in [9.17, 15) is 18.3 Å². The summed E-state index contributed by atoms with van der Waals surface area (Å²) in [4.78, 5) is 11.6. The molecule has 0 saturated carbocycles. The minimum absolute atomic E-state index is 0.0680. The summed E-state index contributed by atoms with van der Waals surface area (Å²) < 4.78 is 27.0. The van der Waals surface area contributed by atoms with E-state index in [-0.39, 0.29) is 24.7 Å². The Bertz CT molecular complexity index is 359. The van der Waals surface area contributed by atoms with Crippen LogP contribution in [0.1, 0.15) is 19.3 Å². The molecule has 2 N–H and O–H groups in total. The largest absolute Gasteiger partial charge is 0.394 e. The molecule has 0 aromatic carbocycles. The van der Waals surface area contributed by atoms with Crippen molar-refractivity contribution in [1.29, 1.82) is 0 Å².